The second kappa shape index (κ2) is 4.89. The number of fused-ring (bicyclic) bond motifs is 1. The highest BCUT2D eigenvalue weighted by atomic mass is 16.5. The third-order valence-electron chi connectivity index (χ3n) is 2.74. The first-order valence-electron chi connectivity index (χ1n) is 5.83. The van der Waals surface area contributed by atoms with Gasteiger partial charge < -0.3 is 10.1 Å². The Kier molecular flexibility index (Phi) is 2.94. The van der Waals surface area contributed by atoms with Gasteiger partial charge in [-0.25, -0.2) is 15.0 Å². The minimum Gasteiger partial charge on any atom is -0.494 e. The van der Waals surface area contributed by atoms with Crippen LogP contribution in [0.5, 0.6) is 5.75 Å². The van der Waals surface area contributed by atoms with Crippen LogP contribution in [-0.4, -0.2) is 22.1 Å². The molecule has 0 saturated carbocycles. The molecule has 2 aromatic heterocycles. The fourth-order valence-corrected chi connectivity index (χ4v) is 1.85. The second-order valence-electron chi connectivity index (χ2n) is 3.95. The number of aromatic nitrogens is 3. The summed E-state index contributed by atoms with van der Waals surface area (Å²) in [6.45, 7) is 0. The molecule has 94 valence electrons. The molecule has 3 aromatic rings. The number of pyridine rings is 1. The summed E-state index contributed by atoms with van der Waals surface area (Å²) in [5, 5.41) is 4.16. The van der Waals surface area contributed by atoms with Gasteiger partial charge in [-0.1, -0.05) is 12.1 Å². The Labute approximate surface area is 110 Å². The lowest BCUT2D eigenvalue weighted by Gasteiger charge is -2.08. The number of ether oxygens (including phenoxy) is 1. The van der Waals surface area contributed by atoms with E-state index in [2.05, 4.69) is 20.3 Å². The van der Waals surface area contributed by atoms with Crippen LogP contribution in [0.15, 0.2) is 48.9 Å². The lowest BCUT2D eigenvalue weighted by Crippen LogP contribution is -1.97. The van der Waals surface area contributed by atoms with Gasteiger partial charge in [-0.15, -0.1) is 0 Å². The number of nitrogens with zero attached hydrogens (tertiary/aromatic N) is 3. The number of hydrogen-bond donors (Lipinski definition) is 1. The first-order chi connectivity index (χ1) is 9.36. The Hall–Kier alpha value is -2.69. The SMILES string of the molecule is COc1cccc2ccc(Nc3ccncn3)nc12. The standard InChI is InChI=1S/C14H12N4O/c1-19-11-4-2-3-10-5-6-13(18-14(10)11)17-12-7-8-15-9-16-12/h2-9H,1H3,(H,15,16,17,18). The lowest BCUT2D eigenvalue weighted by molar-refractivity contribution is 0.419. The summed E-state index contributed by atoms with van der Waals surface area (Å²) < 4.78 is 5.32. The van der Waals surface area contributed by atoms with Crippen LogP contribution in [0.4, 0.5) is 11.6 Å². The number of benzene rings is 1. The van der Waals surface area contributed by atoms with Crippen molar-refractivity contribution in [3.63, 3.8) is 0 Å². The molecule has 1 N–H and O–H groups in total. The van der Waals surface area contributed by atoms with Crippen molar-refractivity contribution in [3.8, 4) is 5.75 Å². The predicted molar refractivity (Wildman–Crippen MR) is 73.6 cm³/mol. The zero-order valence-electron chi connectivity index (χ0n) is 10.4. The normalized spacial score (nSPS) is 10.4. The molecule has 0 fully saturated rings. The molecule has 0 amide bonds. The third-order valence-corrected chi connectivity index (χ3v) is 2.74. The zero-order chi connectivity index (χ0) is 13.1. The number of rotatable bonds is 3. The van der Waals surface area contributed by atoms with E-state index in [0.29, 0.717) is 5.82 Å². The van der Waals surface area contributed by atoms with Gasteiger partial charge in [-0.05, 0) is 24.3 Å². The minimum atomic E-state index is 0.705. The number of hydrogen-bond acceptors (Lipinski definition) is 5. The monoisotopic (exact) mass is 252 g/mol. The fraction of sp³-hybridized carbons (Fsp3) is 0.0714. The van der Waals surface area contributed by atoms with Crippen LogP contribution in [0, 0.1) is 0 Å². The highest BCUT2D eigenvalue weighted by Crippen LogP contribution is 2.25. The molecule has 5 nitrogen and oxygen atoms in total. The van der Waals surface area contributed by atoms with Crippen LogP contribution in [-0.2, 0) is 0 Å². The van der Waals surface area contributed by atoms with E-state index in [1.54, 1.807) is 19.4 Å². The van der Waals surface area contributed by atoms with E-state index >= 15 is 0 Å². The van der Waals surface area contributed by atoms with Crippen molar-refractivity contribution in [2.75, 3.05) is 12.4 Å². The summed E-state index contributed by atoms with van der Waals surface area (Å²) in [5.74, 6) is 2.18. The van der Waals surface area contributed by atoms with Crippen molar-refractivity contribution >= 4 is 22.5 Å². The van der Waals surface area contributed by atoms with Crippen molar-refractivity contribution in [1.29, 1.82) is 0 Å². The number of nitrogens with one attached hydrogen (secondary N) is 1. The second-order valence-corrected chi connectivity index (χ2v) is 3.95. The van der Waals surface area contributed by atoms with Gasteiger partial charge in [0.25, 0.3) is 0 Å². The topological polar surface area (TPSA) is 59.9 Å². The number of anilines is 2. The van der Waals surface area contributed by atoms with Crippen molar-refractivity contribution in [2.45, 2.75) is 0 Å². The van der Waals surface area contributed by atoms with Crippen LogP contribution in [0.3, 0.4) is 0 Å². The largest absolute Gasteiger partial charge is 0.494 e. The van der Waals surface area contributed by atoms with Gasteiger partial charge in [-0.2, -0.15) is 0 Å². The quantitative estimate of drug-likeness (QED) is 0.776. The molecule has 0 bridgehead atoms. The van der Waals surface area contributed by atoms with E-state index in [1.807, 2.05) is 30.3 Å². The number of methoxy groups -OCH3 is 1. The molecule has 0 radical (unpaired) electrons. The molecule has 0 spiro atoms. The van der Waals surface area contributed by atoms with Gasteiger partial charge in [0.15, 0.2) is 0 Å². The number of para-hydroxylation sites is 1. The molecule has 5 heteroatoms. The Balaban J connectivity index is 2.01. The van der Waals surface area contributed by atoms with Gasteiger partial charge in [-0.3, -0.25) is 0 Å². The van der Waals surface area contributed by atoms with Gasteiger partial charge in [0.2, 0.25) is 0 Å². The van der Waals surface area contributed by atoms with Crippen LogP contribution < -0.4 is 10.1 Å². The average molecular weight is 252 g/mol. The highest BCUT2D eigenvalue weighted by Gasteiger charge is 2.04. The average Bonchev–Trinajstić information content (AvgIpc) is 2.47. The van der Waals surface area contributed by atoms with E-state index in [0.717, 1.165) is 22.5 Å². The molecular weight excluding hydrogens is 240 g/mol. The third kappa shape index (κ3) is 2.30. The van der Waals surface area contributed by atoms with Crippen LogP contribution in [0.2, 0.25) is 0 Å². The Morgan fingerprint density at radius 2 is 2.00 bits per heavy atom. The van der Waals surface area contributed by atoms with E-state index in [1.165, 1.54) is 6.33 Å². The Bertz CT molecular complexity index is 700. The molecule has 0 aliphatic carbocycles. The molecule has 2 heterocycles. The fourth-order valence-electron chi connectivity index (χ4n) is 1.85. The maximum Gasteiger partial charge on any atom is 0.145 e. The molecule has 1 aromatic carbocycles. The first-order valence-corrected chi connectivity index (χ1v) is 5.83. The molecular formula is C14H12N4O. The van der Waals surface area contributed by atoms with Gasteiger partial charge in [0.05, 0.1) is 7.11 Å². The van der Waals surface area contributed by atoms with E-state index in [9.17, 15) is 0 Å². The molecule has 0 atom stereocenters. The van der Waals surface area contributed by atoms with E-state index < -0.39 is 0 Å². The molecule has 0 aliphatic heterocycles. The van der Waals surface area contributed by atoms with Crippen molar-refractivity contribution < 1.29 is 4.74 Å². The maximum absolute atomic E-state index is 5.32. The van der Waals surface area contributed by atoms with Crippen LogP contribution in [0.25, 0.3) is 10.9 Å². The predicted octanol–water partition coefficient (Wildman–Crippen LogP) is 2.78. The Morgan fingerprint density at radius 3 is 2.79 bits per heavy atom. The molecule has 0 aliphatic rings. The summed E-state index contributed by atoms with van der Waals surface area (Å²) >= 11 is 0. The first kappa shape index (κ1) is 11.4. The van der Waals surface area contributed by atoms with Gasteiger partial charge >= 0.3 is 0 Å². The smallest absolute Gasteiger partial charge is 0.145 e. The molecule has 0 unspecified atom stereocenters. The Morgan fingerprint density at radius 1 is 1.05 bits per heavy atom. The molecule has 19 heavy (non-hydrogen) atoms. The summed E-state index contributed by atoms with van der Waals surface area (Å²) in [7, 11) is 1.64. The summed E-state index contributed by atoms with van der Waals surface area (Å²) in [6.07, 6.45) is 3.17. The zero-order valence-corrected chi connectivity index (χ0v) is 10.4. The van der Waals surface area contributed by atoms with Crippen LogP contribution in [0.1, 0.15) is 0 Å². The van der Waals surface area contributed by atoms with E-state index in [4.69, 9.17) is 4.74 Å². The van der Waals surface area contributed by atoms with Crippen LogP contribution >= 0.6 is 0 Å². The van der Waals surface area contributed by atoms with E-state index in [-0.39, 0.29) is 0 Å². The van der Waals surface area contributed by atoms with Gasteiger partial charge in [0, 0.05) is 11.6 Å². The summed E-state index contributed by atoms with van der Waals surface area (Å²) in [4.78, 5) is 12.5. The highest BCUT2D eigenvalue weighted by molar-refractivity contribution is 5.86. The summed E-state index contributed by atoms with van der Waals surface area (Å²) in [6, 6.07) is 11.5. The van der Waals surface area contributed by atoms with Crippen molar-refractivity contribution in [1.82, 2.24) is 15.0 Å². The summed E-state index contributed by atoms with van der Waals surface area (Å²) in [5.41, 5.74) is 0.823. The minimum absolute atomic E-state index is 0.705. The van der Waals surface area contributed by atoms with Gasteiger partial charge in [0.1, 0.15) is 29.2 Å². The molecule has 3 rings (SSSR count). The molecule has 0 saturated heterocycles. The lowest BCUT2D eigenvalue weighted by atomic mass is 10.2. The maximum atomic E-state index is 5.32. The van der Waals surface area contributed by atoms with Crippen molar-refractivity contribution in [2.24, 2.45) is 0 Å². The van der Waals surface area contributed by atoms with Crippen molar-refractivity contribution in [3.05, 3.63) is 48.9 Å².